The van der Waals surface area contributed by atoms with E-state index < -0.39 is 11.9 Å². The molecule has 0 aliphatic carbocycles. The van der Waals surface area contributed by atoms with Gasteiger partial charge in [0.05, 0.1) is 0 Å². The third-order valence-electron chi connectivity index (χ3n) is 8.79. The Balaban J connectivity index is 1.92. The molecular formula is C33H41N4O6S-. The van der Waals surface area contributed by atoms with Crippen molar-refractivity contribution >= 4 is 48.7 Å². The second-order valence-corrected chi connectivity index (χ2v) is 12.5. The van der Waals surface area contributed by atoms with E-state index in [0.29, 0.717) is 23.2 Å². The first-order valence-corrected chi connectivity index (χ1v) is 15.4. The lowest BCUT2D eigenvalue weighted by atomic mass is 9.91. The summed E-state index contributed by atoms with van der Waals surface area (Å²) in [6.45, 7) is 11.5. The third-order valence-corrected chi connectivity index (χ3v) is 9.11. The summed E-state index contributed by atoms with van der Waals surface area (Å²) in [7, 11) is 0. The van der Waals surface area contributed by atoms with Crippen molar-refractivity contribution in [2.75, 3.05) is 0 Å². The fourth-order valence-corrected chi connectivity index (χ4v) is 6.64. The Morgan fingerprint density at radius 3 is 2.00 bits per heavy atom. The average molecular weight is 622 g/mol. The monoisotopic (exact) mass is 621 g/mol. The van der Waals surface area contributed by atoms with Crippen LogP contribution >= 0.6 is 12.6 Å². The van der Waals surface area contributed by atoms with E-state index in [4.69, 9.17) is 0 Å². The lowest BCUT2D eigenvalue weighted by molar-refractivity contribution is -0.275. The smallest absolute Gasteiger partial charge is 0.303 e. The number of hydrogen-bond acceptors (Lipinski definition) is 5. The van der Waals surface area contributed by atoms with Crippen LogP contribution in [0.15, 0.2) is 5.70 Å². The normalized spacial score (nSPS) is 19.2. The molecule has 1 aliphatic rings. The number of aliphatic carboxylic acids is 2. The number of aromatic nitrogens is 3. The molecule has 10 nitrogen and oxygen atoms in total. The molecule has 1 aliphatic heterocycles. The number of carbonyl (C=O) groups excluding carboxylic acids is 1. The predicted molar refractivity (Wildman–Crippen MR) is 171 cm³/mol. The van der Waals surface area contributed by atoms with Crippen LogP contribution in [0.1, 0.15) is 84.1 Å². The highest BCUT2D eigenvalue weighted by atomic mass is 32.1. The summed E-state index contributed by atoms with van der Waals surface area (Å²) in [5.74, 6) is -2.35. The molecule has 4 rings (SSSR count). The van der Waals surface area contributed by atoms with Crippen molar-refractivity contribution in [3.05, 3.63) is 66.9 Å². The number of allylic oxidation sites excluding steroid dienone is 1. The third kappa shape index (κ3) is 6.67. The number of carbonyl (C=O) groups is 3. The SMILES string of the molecule is CCc1c([O-])[nH]c(/C=c2/[nH]/c(=C\c3[nH]c(/C=C4\NC(=O)[C@H](C)[C@H]4[C@@H](C)S)c(C)c3CCC(=O)O)c(CCC(=O)O)c2C)c1C. The molecule has 236 valence electrons. The van der Waals surface area contributed by atoms with Gasteiger partial charge in [0.25, 0.3) is 0 Å². The minimum Gasteiger partial charge on any atom is -0.860 e. The highest BCUT2D eigenvalue weighted by Gasteiger charge is 2.37. The zero-order valence-electron chi connectivity index (χ0n) is 26.0. The van der Waals surface area contributed by atoms with Gasteiger partial charge in [-0.25, -0.2) is 0 Å². The topological polar surface area (TPSA) is 174 Å². The van der Waals surface area contributed by atoms with Gasteiger partial charge in [0, 0.05) is 63.4 Å². The molecule has 3 atom stereocenters. The van der Waals surface area contributed by atoms with Crippen LogP contribution in [-0.4, -0.2) is 48.3 Å². The van der Waals surface area contributed by atoms with Crippen molar-refractivity contribution in [1.29, 1.82) is 0 Å². The predicted octanol–water partition coefficient (Wildman–Crippen LogP) is 2.97. The van der Waals surface area contributed by atoms with Gasteiger partial charge >= 0.3 is 11.9 Å². The lowest BCUT2D eigenvalue weighted by Gasteiger charge is -2.17. The van der Waals surface area contributed by atoms with Crippen molar-refractivity contribution in [3.8, 4) is 5.88 Å². The Hall–Kier alpha value is -4.12. The molecule has 3 aromatic rings. The summed E-state index contributed by atoms with van der Waals surface area (Å²) in [5, 5.41) is 35.7. The molecule has 0 radical (unpaired) electrons. The second kappa shape index (κ2) is 13.3. The van der Waals surface area contributed by atoms with E-state index in [1.54, 1.807) is 0 Å². The van der Waals surface area contributed by atoms with E-state index in [-0.39, 0.29) is 54.6 Å². The van der Waals surface area contributed by atoms with Crippen molar-refractivity contribution in [1.82, 2.24) is 20.3 Å². The van der Waals surface area contributed by atoms with Gasteiger partial charge in [-0.2, -0.15) is 12.6 Å². The minimum absolute atomic E-state index is 0.0641. The maximum Gasteiger partial charge on any atom is 0.303 e. The number of aromatic amines is 3. The van der Waals surface area contributed by atoms with E-state index >= 15 is 0 Å². The summed E-state index contributed by atoms with van der Waals surface area (Å²) in [4.78, 5) is 45.4. The van der Waals surface area contributed by atoms with Crippen LogP contribution in [0.2, 0.25) is 0 Å². The number of thiol groups is 1. The minimum atomic E-state index is -0.919. The largest absolute Gasteiger partial charge is 0.860 e. The number of amides is 1. The van der Waals surface area contributed by atoms with Crippen LogP contribution in [0.25, 0.3) is 18.2 Å². The summed E-state index contributed by atoms with van der Waals surface area (Å²) >= 11 is 4.62. The fourth-order valence-electron chi connectivity index (χ4n) is 6.22. The second-order valence-electron chi connectivity index (χ2n) is 11.7. The molecule has 3 aromatic heterocycles. The van der Waals surface area contributed by atoms with Crippen LogP contribution in [0.3, 0.4) is 0 Å². The maximum atomic E-state index is 12.5. The Morgan fingerprint density at radius 1 is 0.864 bits per heavy atom. The Morgan fingerprint density at radius 2 is 1.43 bits per heavy atom. The van der Waals surface area contributed by atoms with Gasteiger partial charge in [-0.3, -0.25) is 14.4 Å². The van der Waals surface area contributed by atoms with Crippen molar-refractivity contribution < 1.29 is 29.7 Å². The van der Waals surface area contributed by atoms with Gasteiger partial charge in [-0.15, -0.1) is 0 Å². The molecule has 11 heteroatoms. The highest BCUT2D eigenvalue weighted by molar-refractivity contribution is 7.80. The number of H-pyrrole nitrogens is 3. The molecule has 0 bridgehead atoms. The van der Waals surface area contributed by atoms with Crippen LogP contribution in [0.5, 0.6) is 5.88 Å². The van der Waals surface area contributed by atoms with Gasteiger partial charge < -0.3 is 35.6 Å². The number of nitrogens with one attached hydrogen (secondary N) is 4. The fraction of sp³-hybridized carbons (Fsp3) is 0.424. The first-order valence-electron chi connectivity index (χ1n) is 14.9. The van der Waals surface area contributed by atoms with Crippen LogP contribution in [-0.2, 0) is 33.6 Å². The molecule has 0 unspecified atom stereocenters. The standard InChI is InChI=1S/C33H42N4O6S/c1-7-20-15(2)25(36-33(20)43)12-23-16(3)21(8-10-29(38)39)26(34-23)14-27-22(9-11-30(40)41)17(4)24(35-27)13-28-31(19(6)44)18(5)32(42)37-28/h12-14,18-19,31,34-36,43-44H,7-11H2,1-6H3,(H,37,42)(H,38,39)(H,40,41)/p-1/b23-12+,26-14-,28-13-/t18-,19-,31+/m1/s1. The maximum absolute atomic E-state index is 12.5. The van der Waals surface area contributed by atoms with Crippen molar-refractivity contribution in [2.45, 2.75) is 78.9 Å². The zero-order valence-corrected chi connectivity index (χ0v) is 26.9. The zero-order chi connectivity index (χ0) is 32.5. The van der Waals surface area contributed by atoms with Gasteiger partial charge in [0.1, 0.15) is 0 Å². The molecule has 1 saturated heterocycles. The Kier molecular flexibility index (Phi) is 9.88. The van der Waals surface area contributed by atoms with E-state index in [2.05, 4.69) is 32.9 Å². The summed E-state index contributed by atoms with van der Waals surface area (Å²) < 4.78 is 0. The number of hydrogen-bond donors (Lipinski definition) is 7. The summed E-state index contributed by atoms with van der Waals surface area (Å²) in [6.07, 6.45) is 6.69. The molecular weight excluding hydrogens is 580 g/mol. The Labute approximate surface area is 261 Å². The number of carboxylic acid groups (broad SMARTS) is 2. The molecule has 1 amide bonds. The van der Waals surface area contributed by atoms with Crippen molar-refractivity contribution in [3.63, 3.8) is 0 Å². The van der Waals surface area contributed by atoms with Gasteiger partial charge in [-0.1, -0.05) is 20.8 Å². The Bertz CT molecular complexity index is 1760. The number of rotatable bonds is 11. The van der Waals surface area contributed by atoms with Gasteiger partial charge in [0.2, 0.25) is 5.91 Å². The average Bonchev–Trinajstić information content (AvgIpc) is 3.59. The quantitative estimate of drug-likeness (QED) is 0.162. The molecule has 1 fully saturated rings. The van der Waals surface area contributed by atoms with Gasteiger partial charge in [0.15, 0.2) is 0 Å². The van der Waals surface area contributed by atoms with Gasteiger partial charge in [-0.05, 0) is 97.5 Å². The van der Waals surface area contributed by atoms with E-state index in [9.17, 15) is 29.7 Å². The van der Waals surface area contributed by atoms with Crippen LogP contribution < -0.4 is 21.1 Å². The molecule has 4 heterocycles. The van der Waals surface area contributed by atoms with E-state index in [0.717, 1.165) is 50.1 Å². The van der Waals surface area contributed by atoms with Crippen LogP contribution in [0, 0.1) is 32.6 Å². The molecule has 44 heavy (non-hydrogen) atoms. The van der Waals surface area contributed by atoms with Crippen molar-refractivity contribution in [2.24, 2.45) is 11.8 Å². The van der Waals surface area contributed by atoms with Crippen LogP contribution in [0.4, 0.5) is 0 Å². The summed E-state index contributed by atoms with van der Waals surface area (Å²) in [5.41, 5.74) is 7.86. The lowest BCUT2D eigenvalue weighted by Crippen LogP contribution is -2.19. The molecule has 0 spiro atoms. The van der Waals surface area contributed by atoms with E-state index in [1.807, 2.05) is 59.8 Å². The van der Waals surface area contributed by atoms with E-state index in [1.165, 1.54) is 0 Å². The molecule has 0 aromatic carbocycles. The number of carboxylic acids is 2. The summed E-state index contributed by atoms with van der Waals surface area (Å²) in [6, 6.07) is 0. The molecule has 6 N–H and O–H groups in total. The molecule has 0 saturated carbocycles. The first kappa shape index (κ1) is 32.8. The first-order chi connectivity index (χ1) is 20.7. The highest BCUT2D eigenvalue weighted by Crippen LogP contribution is 2.34.